The number of rotatable bonds is 6. The molecule has 1 N–H and O–H groups in total. The molecule has 26 heavy (non-hydrogen) atoms. The predicted molar refractivity (Wildman–Crippen MR) is 103 cm³/mol. The van der Waals surface area contributed by atoms with Gasteiger partial charge in [-0.3, -0.25) is 9.59 Å². The van der Waals surface area contributed by atoms with E-state index in [0.717, 1.165) is 28.4 Å². The fourth-order valence-corrected chi connectivity index (χ4v) is 3.62. The van der Waals surface area contributed by atoms with Crippen molar-refractivity contribution in [2.24, 2.45) is 7.05 Å². The maximum Gasteiger partial charge on any atom is 0.307 e. The second-order valence-electron chi connectivity index (χ2n) is 5.99. The van der Waals surface area contributed by atoms with Crippen LogP contribution in [0.1, 0.15) is 29.5 Å². The molecule has 0 aliphatic carbocycles. The summed E-state index contributed by atoms with van der Waals surface area (Å²) in [7, 11) is 1.88. The Balaban J connectivity index is 1.77. The van der Waals surface area contributed by atoms with Crippen LogP contribution in [-0.2, 0) is 18.4 Å². The normalized spacial score (nSPS) is 12.1. The van der Waals surface area contributed by atoms with Gasteiger partial charge in [0.1, 0.15) is 11.9 Å². The molecule has 3 aromatic rings. The van der Waals surface area contributed by atoms with Crippen molar-refractivity contribution >= 4 is 28.8 Å². The smallest absolute Gasteiger partial charge is 0.307 e. The Hall–Kier alpha value is -2.38. The monoisotopic (exact) mass is 390 g/mol. The fourth-order valence-electron chi connectivity index (χ4n) is 2.73. The molecule has 0 saturated heterocycles. The number of imidazole rings is 1. The van der Waals surface area contributed by atoms with Crippen molar-refractivity contribution in [3.63, 3.8) is 0 Å². The summed E-state index contributed by atoms with van der Waals surface area (Å²) in [5, 5.41) is 5.45. The van der Waals surface area contributed by atoms with Gasteiger partial charge in [0.25, 0.3) is 0 Å². The second kappa shape index (κ2) is 7.88. The lowest BCUT2D eigenvalue weighted by Crippen LogP contribution is -2.32. The molecule has 3 rings (SSSR count). The number of amides is 1. The van der Waals surface area contributed by atoms with Crippen LogP contribution in [0, 0.1) is 6.92 Å². The molecule has 0 bridgehead atoms. The van der Waals surface area contributed by atoms with Crippen LogP contribution in [0.3, 0.4) is 0 Å². The summed E-state index contributed by atoms with van der Waals surface area (Å²) in [5.74, 6) is 0.579. The van der Waals surface area contributed by atoms with Gasteiger partial charge in [0.05, 0.1) is 0 Å². The van der Waals surface area contributed by atoms with Gasteiger partial charge in [-0.1, -0.05) is 35.1 Å². The molecule has 0 fully saturated rings. The highest BCUT2D eigenvalue weighted by atomic mass is 35.5. The third-order valence-electron chi connectivity index (χ3n) is 4.16. The minimum atomic E-state index is -0.389. The van der Waals surface area contributed by atoms with Crippen LogP contribution in [0.15, 0.2) is 46.8 Å². The summed E-state index contributed by atoms with van der Waals surface area (Å²) >= 11 is 7.12. The van der Waals surface area contributed by atoms with Gasteiger partial charge in [-0.2, -0.15) is 0 Å². The van der Waals surface area contributed by atoms with Crippen molar-refractivity contribution < 1.29 is 4.79 Å². The Morgan fingerprint density at radius 2 is 2.08 bits per heavy atom. The van der Waals surface area contributed by atoms with E-state index in [1.165, 1.54) is 0 Å². The van der Waals surface area contributed by atoms with E-state index >= 15 is 0 Å². The Labute approximate surface area is 160 Å². The summed E-state index contributed by atoms with van der Waals surface area (Å²) < 4.78 is 3.48. The predicted octanol–water partition coefficient (Wildman–Crippen LogP) is 2.90. The van der Waals surface area contributed by atoms with Gasteiger partial charge in [-0.15, -0.1) is 0 Å². The van der Waals surface area contributed by atoms with Crippen LogP contribution in [0.4, 0.5) is 0 Å². The van der Waals surface area contributed by atoms with Gasteiger partial charge in [-0.25, -0.2) is 4.98 Å². The van der Waals surface area contributed by atoms with Gasteiger partial charge in [-0.05, 0) is 24.6 Å². The second-order valence-corrected chi connectivity index (χ2v) is 7.25. The first-order valence-electron chi connectivity index (χ1n) is 8.12. The van der Waals surface area contributed by atoms with Gasteiger partial charge < -0.3 is 14.5 Å². The number of hydrogen-bond acceptors (Lipinski definition) is 4. The van der Waals surface area contributed by atoms with Crippen molar-refractivity contribution in [1.29, 1.82) is 0 Å². The lowest BCUT2D eigenvalue weighted by molar-refractivity contribution is -0.121. The fraction of sp³-hybridized carbons (Fsp3) is 0.278. The van der Waals surface area contributed by atoms with E-state index in [0.29, 0.717) is 11.6 Å². The van der Waals surface area contributed by atoms with Gasteiger partial charge in [0, 0.05) is 48.5 Å². The summed E-state index contributed by atoms with van der Waals surface area (Å²) in [6.07, 6.45) is 3.74. The number of carbonyl (C=O) groups is 1. The number of carbonyl (C=O) groups excluding carboxylic acids is 1. The molecular formula is C18H19ClN4O2S. The van der Waals surface area contributed by atoms with Crippen LogP contribution in [-0.4, -0.2) is 20.0 Å². The van der Waals surface area contributed by atoms with Crippen molar-refractivity contribution in [3.05, 3.63) is 73.8 Å². The van der Waals surface area contributed by atoms with Gasteiger partial charge in [0.2, 0.25) is 5.91 Å². The Morgan fingerprint density at radius 3 is 2.65 bits per heavy atom. The molecule has 0 unspecified atom stereocenters. The number of benzene rings is 1. The van der Waals surface area contributed by atoms with E-state index in [1.54, 1.807) is 28.3 Å². The molecule has 0 saturated carbocycles. The van der Waals surface area contributed by atoms with Crippen molar-refractivity contribution in [3.8, 4) is 0 Å². The topological polar surface area (TPSA) is 68.9 Å². The zero-order valence-corrected chi connectivity index (χ0v) is 16.0. The van der Waals surface area contributed by atoms with Crippen LogP contribution in [0.5, 0.6) is 0 Å². The molecule has 136 valence electrons. The molecule has 1 aromatic carbocycles. The van der Waals surface area contributed by atoms with Crippen LogP contribution in [0.25, 0.3) is 0 Å². The Morgan fingerprint density at radius 1 is 1.35 bits per heavy atom. The molecule has 2 aromatic heterocycles. The lowest BCUT2D eigenvalue weighted by Gasteiger charge is -2.19. The highest BCUT2D eigenvalue weighted by molar-refractivity contribution is 7.07. The molecule has 0 aliphatic rings. The number of nitrogens with zero attached hydrogens (tertiary/aromatic N) is 3. The molecule has 0 radical (unpaired) electrons. The summed E-state index contributed by atoms with van der Waals surface area (Å²) in [6.45, 7) is 2.22. The summed E-state index contributed by atoms with van der Waals surface area (Å²) in [6, 6.07) is 6.92. The molecule has 6 nitrogen and oxygen atoms in total. The summed E-state index contributed by atoms with van der Waals surface area (Å²) in [5.41, 5.74) is 1.76. The molecule has 1 amide bonds. The van der Waals surface area contributed by atoms with Crippen molar-refractivity contribution in [2.75, 3.05) is 0 Å². The van der Waals surface area contributed by atoms with E-state index in [2.05, 4.69) is 10.3 Å². The maximum atomic E-state index is 12.5. The first-order valence-corrected chi connectivity index (χ1v) is 9.38. The standard InChI is InChI=1S/C18H19ClN4O2S/c1-12-11-26-18(25)23(12)9-7-15(24)21-16(17-20-8-10-22(17)2)13-3-5-14(19)6-4-13/h3-6,8,10-11,16H,7,9H2,1-2H3,(H,21,24)/t16-/m1/s1. The zero-order valence-electron chi connectivity index (χ0n) is 14.5. The summed E-state index contributed by atoms with van der Waals surface area (Å²) in [4.78, 5) is 28.6. The van der Waals surface area contributed by atoms with E-state index in [9.17, 15) is 9.59 Å². The van der Waals surface area contributed by atoms with Crippen LogP contribution >= 0.6 is 22.9 Å². The minimum Gasteiger partial charge on any atom is -0.342 e. The third kappa shape index (κ3) is 4.05. The third-order valence-corrected chi connectivity index (χ3v) is 5.30. The van der Waals surface area contributed by atoms with Crippen molar-refractivity contribution in [1.82, 2.24) is 19.4 Å². The average molecular weight is 391 g/mol. The first-order chi connectivity index (χ1) is 12.5. The SMILES string of the molecule is Cc1csc(=O)n1CCC(=O)N[C@H](c1ccc(Cl)cc1)c1nccn1C. The number of aryl methyl sites for hydroxylation is 2. The first kappa shape index (κ1) is 18.4. The number of hydrogen-bond donors (Lipinski definition) is 1. The number of halogens is 1. The molecular weight excluding hydrogens is 372 g/mol. The average Bonchev–Trinajstić information content (AvgIpc) is 3.17. The zero-order chi connectivity index (χ0) is 18.7. The van der Waals surface area contributed by atoms with E-state index < -0.39 is 0 Å². The van der Waals surface area contributed by atoms with Gasteiger partial charge >= 0.3 is 4.87 Å². The molecule has 1 atom stereocenters. The van der Waals surface area contributed by atoms with E-state index in [1.807, 2.05) is 36.9 Å². The molecule has 2 heterocycles. The minimum absolute atomic E-state index is 0.0475. The number of nitrogens with one attached hydrogen (secondary N) is 1. The molecule has 0 spiro atoms. The maximum absolute atomic E-state index is 12.5. The molecule has 8 heteroatoms. The van der Waals surface area contributed by atoms with E-state index in [4.69, 9.17) is 11.6 Å². The largest absolute Gasteiger partial charge is 0.342 e. The quantitative estimate of drug-likeness (QED) is 0.703. The Kier molecular flexibility index (Phi) is 5.58. The molecule has 0 aliphatic heterocycles. The highest BCUT2D eigenvalue weighted by Gasteiger charge is 2.20. The van der Waals surface area contributed by atoms with E-state index in [-0.39, 0.29) is 23.2 Å². The lowest BCUT2D eigenvalue weighted by atomic mass is 10.1. The van der Waals surface area contributed by atoms with Crippen LogP contribution < -0.4 is 10.2 Å². The van der Waals surface area contributed by atoms with Gasteiger partial charge in [0.15, 0.2) is 0 Å². The van der Waals surface area contributed by atoms with Crippen LogP contribution in [0.2, 0.25) is 5.02 Å². The number of thiazole rings is 1. The Bertz CT molecular complexity index is 958. The highest BCUT2D eigenvalue weighted by Crippen LogP contribution is 2.22. The van der Waals surface area contributed by atoms with Crippen molar-refractivity contribution in [2.45, 2.75) is 25.9 Å². The number of aromatic nitrogens is 3.